The molecule has 6 aromatic rings. The van der Waals surface area contributed by atoms with Gasteiger partial charge < -0.3 is 29.9 Å². The minimum Gasteiger partial charge on any atom is -0.374 e. The van der Waals surface area contributed by atoms with Crippen molar-refractivity contribution in [2.75, 3.05) is 36.4 Å². The molecule has 0 radical (unpaired) electrons. The molecule has 6 heterocycles. The van der Waals surface area contributed by atoms with Gasteiger partial charge in [-0.05, 0) is 130 Å². The van der Waals surface area contributed by atoms with Gasteiger partial charge in [0.05, 0.1) is 17.1 Å². The van der Waals surface area contributed by atoms with Gasteiger partial charge in [0, 0.05) is 58.8 Å². The zero-order valence-corrected chi connectivity index (χ0v) is 37.5. The first-order valence-electron chi connectivity index (χ1n) is 23.0. The molecule has 1 spiro atoms. The molecule has 10 rings (SSSR count). The third-order valence-corrected chi connectivity index (χ3v) is 14.7. The molecule has 3 saturated heterocycles. The van der Waals surface area contributed by atoms with Crippen LogP contribution in [0.4, 0.5) is 11.4 Å². The van der Waals surface area contributed by atoms with E-state index in [1.165, 1.54) is 62.9 Å². The molecule has 2 atom stereocenters. The van der Waals surface area contributed by atoms with Gasteiger partial charge in [0.25, 0.3) is 0 Å². The maximum absolute atomic E-state index is 13.0. The first-order valence-corrected chi connectivity index (χ1v) is 23.0. The predicted octanol–water partition coefficient (Wildman–Crippen LogP) is 8.10. The Hall–Kier alpha value is -6.15. The Labute approximate surface area is 373 Å². The normalized spacial score (nSPS) is 22.1. The fourth-order valence-corrected chi connectivity index (χ4v) is 10.5. The molecule has 1 saturated carbocycles. The van der Waals surface area contributed by atoms with Crippen molar-refractivity contribution in [2.45, 2.75) is 115 Å². The second kappa shape index (κ2) is 16.4. The number of benzene rings is 3. The SMILES string of the molecule is Cc1cc(-c2ncnc3[nH]c4cc(N5CCC6(CC5)CCN(C5CC(c7ccc(N[C@@H]8CCC(=O)NC8=O)cc7)C5)CC6)ccc4c23)ccc1[C@@H](C)NC(=O)c1nc(C(C)(C)C)no1. The number of rotatable bonds is 9. The van der Waals surface area contributed by atoms with E-state index in [9.17, 15) is 14.4 Å². The number of imide groups is 1. The molecule has 14 heteroatoms. The van der Waals surface area contributed by atoms with Crippen molar-refractivity contribution in [3.05, 3.63) is 95.4 Å². The molecule has 3 aromatic carbocycles. The van der Waals surface area contributed by atoms with Gasteiger partial charge in [0.15, 0.2) is 5.82 Å². The predicted molar refractivity (Wildman–Crippen MR) is 247 cm³/mol. The van der Waals surface area contributed by atoms with Crippen LogP contribution in [0.25, 0.3) is 33.2 Å². The summed E-state index contributed by atoms with van der Waals surface area (Å²) in [5.74, 6) is 0.209. The summed E-state index contributed by atoms with van der Waals surface area (Å²) < 4.78 is 5.27. The highest BCUT2D eigenvalue weighted by atomic mass is 16.5. The van der Waals surface area contributed by atoms with E-state index in [4.69, 9.17) is 9.51 Å². The maximum Gasteiger partial charge on any atom is 0.315 e. The van der Waals surface area contributed by atoms with Gasteiger partial charge in [-0.3, -0.25) is 19.7 Å². The number of aryl methyl sites for hydroxylation is 1. The molecule has 4 aliphatic rings. The number of H-pyrrole nitrogens is 1. The lowest BCUT2D eigenvalue weighted by Gasteiger charge is -2.51. The zero-order chi connectivity index (χ0) is 44.3. The molecule has 3 aliphatic heterocycles. The number of aromatic amines is 1. The number of anilines is 2. The molecule has 332 valence electrons. The summed E-state index contributed by atoms with van der Waals surface area (Å²) in [6, 6.07) is 21.6. The first-order chi connectivity index (χ1) is 30.8. The number of piperidine rings is 3. The van der Waals surface area contributed by atoms with E-state index in [1.54, 1.807) is 6.33 Å². The van der Waals surface area contributed by atoms with Crippen molar-refractivity contribution in [3.8, 4) is 11.3 Å². The number of nitrogens with zero attached hydrogens (tertiary/aromatic N) is 6. The largest absolute Gasteiger partial charge is 0.374 e. The third kappa shape index (κ3) is 8.12. The number of nitrogens with one attached hydrogen (secondary N) is 4. The Morgan fingerprint density at radius 3 is 2.39 bits per heavy atom. The van der Waals surface area contributed by atoms with Gasteiger partial charge in [-0.15, -0.1) is 0 Å². The molecule has 1 aliphatic carbocycles. The Bertz CT molecular complexity index is 2730. The summed E-state index contributed by atoms with van der Waals surface area (Å²) in [7, 11) is 0. The summed E-state index contributed by atoms with van der Waals surface area (Å²) >= 11 is 0. The van der Waals surface area contributed by atoms with Crippen LogP contribution in [0.3, 0.4) is 0 Å². The van der Waals surface area contributed by atoms with Crippen LogP contribution in [0.5, 0.6) is 0 Å². The Morgan fingerprint density at radius 2 is 1.69 bits per heavy atom. The number of carbonyl (C=O) groups is 3. The second-order valence-electron chi connectivity index (χ2n) is 19.9. The lowest BCUT2D eigenvalue weighted by molar-refractivity contribution is -0.133. The van der Waals surface area contributed by atoms with E-state index in [0.29, 0.717) is 36.0 Å². The van der Waals surface area contributed by atoms with Crippen LogP contribution >= 0.6 is 0 Å². The Balaban J connectivity index is 0.734. The van der Waals surface area contributed by atoms with Crippen LogP contribution in [0, 0.1) is 12.3 Å². The zero-order valence-electron chi connectivity index (χ0n) is 37.5. The van der Waals surface area contributed by atoms with Crippen LogP contribution in [0.1, 0.15) is 124 Å². The molecule has 3 amide bonds. The van der Waals surface area contributed by atoms with Crippen molar-refractivity contribution in [3.63, 3.8) is 0 Å². The number of hydrogen-bond donors (Lipinski definition) is 4. The highest BCUT2D eigenvalue weighted by Gasteiger charge is 2.42. The van der Waals surface area contributed by atoms with Gasteiger partial charge in [0.2, 0.25) is 11.8 Å². The fraction of sp³-hybridized carbons (Fsp3) is 0.460. The lowest BCUT2D eigenvalue weighted by Crippen LogP contribution is -2.52. The number of likely N-dealkylation sites (tertiary alicyclic amines) is 1. The Kier molecular flexibility index (Phi) is 10.7. The fourth-order valence-electron chi connectivity index (χ4n) is 10.5. The van der Waals surface area contributed by atoms with Crippen molar-refractivity contribution in [2.24, 2.45) is 5.41 Å². The van der Waals surface area contributed by atoms with E-state index in [0.717, 1.165) is 63.1 Å². The average molecular weight is 863 g/mol. The molecule has 4 N–H and O–H groups in total. The monoisotopic (exact) mass is 862 g/mol. The van der Waals surface area contributed by atoms with E-state index in [-0.39, 0.29) is 35.2 Å². The summed E-state index contributed by atoms with van der Waals surface area (Å²) in [6.45, 7) is 14.4. The minimum atomic E-state index is -0.399. The summed E-state index contributed by atoms with van der Waals surface area (Å²) in [6.07, 6.45) is 9.94. The number of carbonyl (C=O) groups excluding carboxylic acids is 3. The van der Waals surface area contributed by atoms with Crippen LogP contribution < -0.4 is 20.9 Å². The number of aromatic nitrogens is 5. The second-order valence-corrected chi connectivity index (χ2v) is 19.9. The molecular weight excluding hydrogens is 805 g/mol. The van der Waals surface area contributed by atoms with Crippen LogP contribution in [-0.4, -0.2) is 86.0 Å². The number of amides is 3. The average Bonchev–Trinajstić information content (AvgIpc) is 3.92. The summed E-state index contributed by atoms with van der Waals surface area (Å²) in [5, 5.41) is 14.8. The minimum absolute atomic E-state index is 0.0395. The van der Waals surface area contributed by atoms with Gasteiger partial charge in [-0.1, -0.05) is 56.3 Å². The van der Waals surface area contributed by atoms with Crippen molar-refractivity contribution in [1.29, 1.82) is 0 Å². The molecule has 0 unspecified atom stereocenters. The highest BCUT2D eigenvalue weighted by molar-refractivity contribution is 6.12. The van der Waals surface area contributed by atoms with E-state index < -0.39 is 5.91 Å². The van der Waals surface area contributed by atoms with Crippen LogP contribution in [0.2, 0.25) is 0 Å². The van der Waals surface area contributed by atoms with Gasteiger partial charge in [-0.2, -0.15) is 4.98 Å². The number of fused-ring (bicyclic) bond motifs is 3. The topological polar surface area (TPSA) is 174 Å². The smallest absolute Gasteiger partial charge is 0.315 e. The van der Waals surface area contributed by atoms with Crippen LogP contribution in [-0.2, 0) is 15.0 Å². The molecule has 3 aromatic heterocycles. The summed E-state index contributed by atoms with van der Waals surface area (Å²) in [5.41, 5.74) is 9.40. The van der Waals surface area contributed by atoms with Gasteiger partial charge in [0.1, 0.15) is 18.0 Å². The molecule has 64 heavy (non-hydrogen) atoms. The molecule has 0 bridgehead atoms. The quantitative estimate of drug-likeness (QED) is 0.103. The third-order valence-electron chi connectivity index (χ3n) is 14.7. The Morgan fingerprint density at radius 1 is 0.938 bits per heavy atom. The molecule has 4 fully saturated rings. The van der Waals surface area contributed by atoms with Gasteiger partial charge in [-0.25, -0.2) is 9.97 Å². The maximum atomic E-state index is 13.0. The van der Waals surface area contributed by atoms with Crippen LogP contribution in [0.15, 0.2) is 71.5 Å². The van der Waals surface area contributed by atoms with E-state index in [2.05, 4.69) is 113 Å². The van der Waals surface area contributed by atoms with Gasteiger partial charge >= 0.3 is 11.8 Å². The van der Waals surface area contributed by atoms with Crippen molar-refractivity contribution >= 4 is 51.0 Å². The standard InChI is InChI=1S/C50H58N10O4/c1-29-24-32(8-12-37(29)30(2)53-46(63)47-57-48(58-64-47)49(3,4)5)43-42-38-13-11-35(27-40(38)55-44(42)52-28-51-43)59-20-16-50(17-21-59)18-22-60(23-19-50)36-25-33(26-36)31-6-9-34(10-7-31)54-39-14-15-41(61)56-45(39)62/h6-13,24,27-28,30,33,36,39,54H,14-23,25-26H2,1-5H3,(H,53,63)(H,51,52,55)(H,56,61,62)/t30-,33?,36?,39-/m1/s1. The van der Waals surface area contributed by atoms with Crippen molar-refractivity contribution < 1.29 is 18.9 Å². The number of hydrogen-bond acceptors (Lipinski definition) is 11. The van der Waals surface area contributed by atoms with Crippen molar-refractivity contribution in [1.82, 2.24) is 40.6 Å². The van der Waals surface area contributed by atoms with E-state index >= 15 is 0 Å². The lowest BCUT2D eigenvalue weighted by atomic mass is 9.69. The first kappa shape index (κ1) is 41.8. The van der Waals surface area contributed by atoms with E-state index in [1.807, 2.05) is 27.7 Å². The molecule has 14 nitrogen and oxygen atoms in total. The summed E-state index contributed by atoms with van der Waals surface area (Å²) in [4.78, 5) is 59.3. The highest BCUT2D eigenvalue weighted by Crippen LogP contribution is 2.47. The molecular formula is C50H58N10O4.